The summed E-state index contributed by atoms with van der Waals surface area (Å²) in [6.45, 7) is 7.62. The summed E-state index contributed by atoms with van der Waals surface area (Å²) in [4.78, 5) is 73.8. The van der Waals surface area contributed by atoms with Crippen LogP contribution < -0.4 is 5.32 Å². The fourth-order valence-corrected chi connectivity index (χ4v) is 9.83. The lowest BCUT2D eigenvalue weighted by Gasteiger charge is -2.35. The number of aromatic nitrogens is 4. The second-order valence-electron chi connectivity index (χ2n) is 17.5. The number of carbonyl (C=O) groups excluding carboxylic acids is 3. The number of nitrogens with zero attached hydrogens (tertiary/aromatic N) is 5. The average molecular weight is 787 g/mol. The summed E-state index contributed by atoms with van der Waals surface area (Å²) in [5.41, 5.74) is 7.61. The van der Waals surface area contributed by atoms with Gasteiger partial charge in [-0.25, -0.2) is 19.6 Å². The zero-order valence-electron chi connectivity index (χ0n) is 33.7. The van der Waals surface area contributed by atoms with E-state index in [9.17, 15) is 24.3 Å². The topological polar surface area (TPSA) is 177 Å². The number of fused-ring (bicyclic) bond motifs is 6. The number of imidazole rings is 2. The van der Waals surface area contributed by atoms with Crippen molar-refractivity contribution in [1.82, 2.24) is 40.0 Å². The minimum absolute atomic E-state index is 0.0910. The molecule has 2 aromatic heterocycles. The maximum Gasteiger partial charge on any atom is 0.407 e. The van der Waals surface area contributed by atoms with Crippen molar-refractivity contribution in [2.75, 3.05) is 14.2 Å². The minimum Gasteiger partial charge on any atom is -0.465 e. The summed E-state index contributed by atoms with van der Waals surface area (Å²) in [5.74, 6) is 8.53. The summed E-state index contributed by atoms with van der Waals surface area (Å²) in [7, 11) is 2.77. The Hall–Kier alpha value is -5.84. The van der Waals surface area contributed by atoms with Gasteiger partial charge < -0.3 is 34.9 Å². The molecule has 0 radical (unpaired) electrons. The zero-order chi connectivity index (χ0) is 40.7. The molecule has 3 aliphatic carbocycles. The van der Waals surface area contributed by atoms with Crippen LogP contribution in [0.3, 0.4) is 0 Å². The predicted molar refractivity (Wildman–Crippen MR) is 214 cm³/mol. The lowest BCUT2D eigenvalue weighted by molar-refractivity contribution is -0.140. The smallest absolute Gasteiger partial charge is 0.407 e. The number of benzene rings is 2. The maximum absolute atomic E-state index is 13.9. The van der Waals surface area contributed by atoms with E-state index in [2.05, 4.69) is 39.3 Å². The van der Waals surface area contributed by atoms with Crippen molar-refractivity contribution in [3.63, 3.8) is 0 Å². The Labute approximate surface area is 337 Å². The molecule has 14 heteroatoms. The molecule has 4 fully saturated rings. The number of carboxylic acid groups (broad SMARTS) is 1. The minimum atomic E-state index is -1.12. The first-order valence-corrected chi connectivity index (χ1v) is 20.5. The monoisotopic (exact) mass is 786 g/mol. The predicted octanol–water partition coefficient (Wildman–Crippen LogP) is 5.79. The molecule has 4 amide bonds. The van der Waals surface area contributed by atoms with Gasteiger partial charge in [0.15, 0.2) is 0 Å². The molecule has 4 N–H and O–H groups in total. The van der Waals surface area contributed by atoms with E-state index in [1.54, 1.807) is 0 Å². The number of piperidine rings is 2. The molecule has 2 aliphatic heterocycles. The molecule has 0 spiro atoms. The van der Waals surface area contributed by atoms with Crippen molar-refractivity contribution in [2.24, 2.45) is 23.7 Å². The van der Waals surface area contributed by atoms with E-state index in [-0.39, 0.29) is 47.8 Å². The molecule has 2 saturated heterocycles. The molecule has 0 unspecified atom stereocenters. The largest absolute Gasteiger partial charge is 0.465 e. The van der Waals surface area contributed by atoms with Gasteiger partial charge in [-0.3, -0.25) is 14.5 Å². The Kier molecular flexibility index (Phi) is 9.24. The van der Waals surface area contributed by atoms with E-state index < -0.39 is 24.3 Å². The third-order valence-corrected chi connectivity index (χ3v) is 13.0. The molecular formula is C44H50N8O6. The number of hydrogen-bond donors (Lipinski definition) is 4. The number of methoxy groups -OCH3 is 1. The van der Waals surface area contributed by atoms with E-state index in [0.717, 1.165) is 94.2 Å². The number of H-pyrrole nitrogens is 2. The molecule has 14 nitrogen and oxygen atoms in total. The third kappa shape index (κ3) is 6.54. The van der Waals surface area contributed by atoms with Gasteiger partial charge in [0.2, 0.25) is 11.8 Å². The van der Waals surface area contributed by atoms with Crippen LogP contribution in [0.15, 0.2) is 36.4 Å². The number of aryl methyl sites for hydroxylation is 2. The molecule has 4 heterocycles. The Morgan fingerprint density at radius 1 is 0.845 bits per heavy atom. The van der Waals surface area contributed by atoms with Crippen LogP contribution in [0.2, 0.25) is 0 Å². The first-order valence-electron chi connectivity index (χ1n) is 20.5. The first-order chi connectivity index (χ1) is 27.8. The molecule has 9 rings (SSSR count). The van der Waals surface area contributed by atoms with E-state index >= 15 is 0 Å². The van der Waals surface area contributed by atoms with Gasteiger partial charge in [-0.1, -0.05) is 45.6 Å². The fourth-order valence-electron chi connectivity index (χ4n) is 9.83. The fraction of sp³-hybridized carbons (Fsp3) is 0.500. The molecule has 0 bridgehead atoms. The number of carbonyl (C=O) groups is 4. The second-order valence-corrected chi connectivity index (χ2v) is 17.5. The van der Waals surface area contributed by atoms with Gasteiger partial charge in [-0.15, -0.1) is 0 Å². The van der Waals surface area contributed by atoms with Gasteiger partial charge in [0.25, 0.3) is 0 Å². The Bertz CT molecular complexity index is 2410. The summed E-state index contributed by atoms with van der Waals surface area (Å²) < 4.78 is 4.82. The normalized spacial score (nSPS) is 24.6. The number of hydrogen-bond acceptors (Lipinski definition) is 7. The zero-order valence-corrected chi connectivity index (χ0v) is 33.7. The van der Waals surface area contributed by atoms with Crippen LogP contribution in [0.5, 0.6) is 0 Å². The highest BCUT2D eigenvalue weighted by atomic mass is 16.5. The van der Waals surface area contributed by atoms with Gasteiger partial charge in [0, 0.05) is 41.5 Å². The van der Waals surface area contributed by atoms with Crippen LogP contribution in [-0.4, -0.2) is 102 Å². The molecule has 302 valence electrons. The van der Waals surface area contributed by atoms with E-state index in [4.69, 9.17) is 14.7 Å². The Morgan fingerprint density at radius 2 is 1.48 bits per heavy atom. The van der Waals surface area contributed by atoms with Gasteiger partial charge in [0.05, 0.1) is 35.9 Å². The highest BCUT2D eigenvalue weighted by Gasteiger charge is 2.58. The molecule has 4 aromatic rings. The first kappa shape index (κ1) is 37.7. The van der Waals surface area contributed by atoms with Crippen molar-refractivity contribution in [3.8, 4) is 23.1 Å². The van der Waals surface area contributed by atoms with Gasteiger partial charge in [0.1, 0.15) is 23.7 Å². The lowest BCUT2D eigenvalue weighted by atomic mass is 9.91. The third-order valence-electron chi connectivity index (χ3n) is 13.0. The number of aromatic amines is 2. The van der Waals surface area contributed by atoms with Crippen LogP contribution >= 0.6 is 0 Å². The van der Waals surface area contributed by atoms with Gasteiger partial charge >= 0.3 is 12.2 Å². The highest BCUT2D eigenvalue weighted by molar-refractivity contribution is 5.88. The van der Waals surface area contributed by atoms with Crippen LogP contribution in [0.1, 0.15) is 99.5 Å². The number of alkyl carbamates (subject to hydrolysis) is 1. The second kappa shape index (κ2) is 14.2. The average Bonchev–Trinajstić information content (AvgIpc) is 3.85. The van der Waals surface area contributed by atoms with Crippen molar-refractivity contribution in [3.05, 3.63) is 70.4 Å². The molecule has 5 aliphatic rings. The summed E-state index contributed by atoms with van der Waals surface area (Å²) in [6, 6.07) is 10.6. The standard InChI is InChI=1S/C44H50N8O6/c1-21(2)36(49-43(55)58-6)41(53)51-32-17-26(32)20-35(51)40-46-30-14-11-25-15-23(9-12-28(25)37(30)48-40)7-8-24-10-13-29-31(16-24)47-39(45-29)34-19-27-18-33(27)52(34)42(54)38(22(3)4)50(5)44(56)57/h9-10,12-13,15-16,21-22,26-27,32-36,38H,11,14,17-20H2,1-6H3,(H,45,47)(H,46,48)(H,49,55)(H,56,57)/t26-,27+,32+,33+,34-,35-,36-,38-/m0/s1. The van der Waals surface area contributed by atoms with E-state index in [0.29, 0.717) is 11.8 Å². The summed E-state index contributed by atoms with van der Waals surface area (Å²) in [5, 5.41) is 12.4. The van der Waals surface area contributed by atoms with Crippen molar-refractivity contribution in [1.29, 1.82) is 0 Å². The van der Waals surface area contributed by atoms with Crippen LogP contribution in [0.4, 0.5) is 9.59 Å². The van der Waals surface area contributed by atoms with Crippen molar-refractivity contribution >= 4 is 35.0 Å². The molecular weight excluding hydrogens is 737 g/mol. The highest BCUT2D eigenvalue weighted by Crippen LogP contribution is 2.55. The quantitative estimate of drug-likeness (QED) is 0.162. The van der Waals surface area contributed by atoms with Gasteiger partial charge in [-0.05, 0) is 98.1 Å². The van der Waals surface area contributed by atoms with Crippen LogP contribution in [0, 0.1) is 35.5 Å². The summed E-state index contributed by atoms with van der Waals surface area (Å²) in [6.07, 6.45) is 3.49. The molecule has 8 atom stereocenters. The van der Waals surface area contributed by atoms with E-state index in [1.165, 1.54) is 19.7 Å². The van der Waals surface area contributed by atoms with Gasteiger partial charge in [-0.2, -0.15) is 0 Å². The lowest BCUT2D eigenvalue weighted by Crippen LogP contribution is -2.52. The van der Waals surface area contributed by atoms with E-state index in [1.807, 2.05) is 61.8 Å². The van der Waals surface area contributed by atoms with Crippen LogP contribution in [-0.2, 0) is 27.2 Å². The number of nitrogens with one attached hydrogen (secondary N) is 3. The number of likely N-dealkylation sites (tertiary alicyclic amines) is 2. The van der Waals surface area contributed by atoms with Crippen molar-refractivity contribution < 1.29 is 29.0 Å². The van der Waals surface area contributed by atoms with Crippen molar-refractivity contribution in [2.45, 2.75) is 102 Å². The number of ether oxygens (including phenoxy) is 1. The molecule has 2 aromatic carbocycles. The molecule has 2 saturated carbocycles. The number of amides is 4. The SMILES string of the molecule is COC(=O)N[C@H](C(=O)N1[C@@H]2C[C@H]2C[C@H]1c1nc2c([nH]1)CCc1cc(C#Cc3ccc4nc([C@@H]5C[C@H]6C[C@H]6N5C(=O)[C@H](C(C)C)N(C)C(=O)O)[nH]c4c3)ccc1-2)C(C)C. The maximum atomic E-state index is 13.9. The number of rotatable bonds is 8. The summed E-state index contributed by atoms with van der Waals surface area (Å²) >= 11 is 0. The van der Waals surface area contributed by atoms with Crippen LogP contribution in [0.25, 0.3) is 22.3 Å². The number of likely N-dealkylation sites (N-methyl/N-ethyl adjacent to an activating group) is 1. The Balaban J connectivity index is 0.919. The molecule has 58 heavy (non-hydrogen) atoms. The Morgan fingerprint density at radius 3 is 2.12 bits per heavy atom.